The van der Waals surface area contributed by atoms with Crippen LogP contribution in [0.1, 0.15) is 32.1 Å². The fourth-order valence-corrected chi connectivity index (χ4v) is 2.24. The highest BCUT2D eigenvalue weighted by Gasteiger charge is 2.30. The van der Waals surface area contributed by atoms with Gasteiger partial charge in [-0.25, -0.2) is 4.39 Å². The molecule has 2 rings (SSSR count). The monoisotopic (exact) mass is 261 g/mol. The van der Waals surface area contributed by atoms with Gasteiger partial charge in [0, 0.05) is 0 Å². The summed E-state index contributed by atoms with van der Waals surface area (Å²) in [6.45, 7) is -5.25. The van der Waals surface area contributed by atoms with Crippen LogP contribution >= 0.6 is 0 Å². The summed E-state index contributed by atoms with van der Waals surface area (Å²) < 4.78 is 56.7. The molecule has 1 nitrogen and oxygen atoms in total. The lowest BCUT2D eigenvalue weighted by Gasteiger charge is -2.27. The first-order valence-corrected chi connectivity index (χ1v) is 6.13. The fourth-order valence-electron chi connectivity index (χ4n) is 2.24. The molecule has 6 heteroatoms. The van der Waals surface area contributed by atoms with E-state index in [1.54, 1.807) is 0 Å². The second-order valence-electron chi connectivity index (χ2n) is 4.63. The lowest BCUT2D eigenvalue weighted by atomic mass is 9.79. The van der Waals surface area contributed by atoms with Crippen molar-refractivity contribution in [2.24, 2.45) is 0 Å². The minimum atomic E-state index is -5.25. The third-order valence-corrected chi connectivity index (χ3v) is 3.17. The van der Waals surface area contributed by atoms with Crippen LogP contribution in [-0.2, 0) is 0 Å². The number of rotatable bonds is 3. The minimum absolute atomic E-state index is 0.180. The highest BCUT2D eigenvalue weighted by atomic mass is 19.4. The minimum Gasteiger partial charge on any atom is -0.493 e. The summed E-state index contributed by atoms with van der Waals surface area (Å²) in [5.74, 6) is -1.13. The Kier molecular flexibility index (Phi) is 3.83. The Morgan fingerprint density at radius 2 is 1.72 bits per heavy atom. The van der Waals surface area contributed by atoms with Gasteiger partial charge in [-0.3, -0.25) is 0 Å². The van der Waals surface area contributed by atoms with E-state index in [1.807, 2.05) is 0 Å². The van der Waals surface area contributed by atoms with Gasteiger partial charge in [-0.15, -0.1) is 0 Å². The number of hydrogen-bond acceptors (Lipinski definition) is 1. The Labute approximate surface area is 103 Å². The molecule has 1 aromatic rings. The Morgan fingerprint density at radius 1 is 1.06 bits per heavy atom. The molecule has 1 aliphatic rings. The van der Waals surface area contributed by atoms with Crippen LogP contribution in [0.25, 0.3) is 0 Å². The Morgan fingerprint density at radius 3 is 2.33 bits per heavy atom. The molecule has 0 radical (unpaired) electrons. The van der Waals surface area contributed by atoms with E-state index in [2.05, 4.69) is 0 Å². The summed E-state index contributed by atoms with van der Waals surface area (Å²) in [4.78, 5) is 0. The molecule has 0 spiro atoms. The van der Waals surface area contributed by atoms with Crippen LogP contribution in [0.2, 0.25) is 0 Å². The van der Waals surface area contributed by atoms with E-state index >= 15 is 0 Å². The molecule has 0 saturated heterocycles. The van der Waals surface area contributed by atoms with E-state index < -0.39 is 18.3 Å². The SMILES string of the molecule is Fc1ccc(OC2CCCCC2)c([B-](F)(F)F)c1. The molecule has 18 heavy (non-hydrogen) atoms. The van der Waals surface area contributed by atoms with E-state index in [-0.39, 0.29) is 11.9 Å². The van der Waals surface area contributed by atoms with Gasteiger partial charge >= 0.3 is 6.98 Å². The zero-order valence-electron chi connectivity index (χ0n) is 9.84. The van der Waals surface area contributed by atoms with Crippen LogP contribution in [0.5, 0.6) is 5.75 Å². The van der Waals surface area contributed by atoms with Crippen molar-refractivity contribution in [1.29, 1.82) is 0 Å². The average molecular weight is 261 g/mol. The van der Waals surface area contributed by atoms with E-state index in [4.69, 9.17) is 4.74 Å². The molecule has 0 aromatic heterocycles. The summed E-state index contributed by atoms with van der Waals surface area (Å²) in [6.07, 6.45) is 4.39. The van der Waals surface area contributed by atoms with Crippen LogP contribution in [0.3, 0.4) is 0 Å². The van der Waals surface area contributed by atoms with Crippen LogP contribution in [0.4, 0.5) is 17.3 Å². The summed E-state index contributed by atoms with van der Waals surface area (Å²) in [6, 6.07) is 2.59. The smallest absolute Gasteiger partial charge is 0.493 e. The van der Waals surface area contributed by atoms with Gasteiger partial charge in [-0.2, -0.15) is 0 Å². The molecule has 0 atom stereocenters. The molecular formula is C12H14BF4O-. The van der Waals surface area contributed by atoms with Gasteiger partial charge in [0.25, 0.3) is 0 Å². The van der Waals surface area contributed by atoms with E-state index in [0.717, 1.165) is 44.2 Å². The first-order chi connectivity index (χ1) is 8.47. The lowest BCUT2D eigenvalue weighted by Crippen LogP contribution is -2.37. The van der Waals surface area contributed by atoms with Crippen molar-refractivity contribution in [2.75, 3.05) is 0 Å². The number of benzene rings is 1. The van der Waals surface area contributed by atoms with Crippen molar-refractivity contribution in [3.05, 3.63) is 24.0 Å². The predicted octanol–water partition coefficient (Wildman–Crippen LogP) is 3.59. The van der Waals surface area contributed by atoms with Crippen molar-refractivity contribution in [3.63, 3.8) is 0 Å². The highest BCUT2D eigenvalue weighted by Crippen LogP contribution is 2.25. The van der Waals surface area contributed by atoms with Crippen molar-refractivity contribution in [3.8, 4) is 5.75 Å². The molecule has 0 bridgehead atoms. The van der Waals surface area contributed by atoms with Gasteiger partial charge in [0.15, 0.2) is 0 Å². The molecule has 0 heterocycles. The van der Waals surface area contributed by atoms with Crippen LogP contribution < -0.4 is 10.2 Å². The summed E-state index contributed by atoms with van der Waals surface area (Å²) in [5, 5.41) is 0. The Hall–Kier alpha value is -1.20. The maximum absolute atomic E-state index is 12.9. The van der Waals surface area contributed by atoms with E-state index in [9.17, 15) is 17.3 Å². The topological polar surface area (TPSA) is 9.23 Å². The molecular weight excluding hydrogens is 247 g/mol. The van der Waals surface area contributed by atoms with Gasteiger partial charge in [-0.1, -0.05) is 11.9 Å². The Balaban J connectivity index is 2.21. The van der Waals surface area contributed by atoms with Crippen molar-refractivity contribution >= 4 is 12.4 Å². The van der Waals surface area contributed by atoms with Gasteiger partial charge in [0.05, 0.1) is 11.9 Å². The molecule has 0 unspecified atom stereocenters. The molecule has 1 aliphatic carbocycles. The Bertz CT molecular complexity index is 413. The second kappa shape index (κ2) is 5.20. The number of halogens is 4. The molecule has 1 fully saturated rings. The van der Waals surface area contributed by atoms with Crippen LogP contribution in [0, 0.1) is 5.82 Å². The third-order valence-electron chi connectivity index (χ3n) is 3.17. The van der Waals surface area contributed by atoms with Crippen LogP contribution in [0.15, 0.2) is 18.2 Å². The average Bonchev–Trinajstić information content (AvgIpc) is 2.31. The van der Waals surface area contributed by atoms with Gasteiger partial charge in [-0.05, 0) is 43.9 Å². The first-order valence-electron chi connectivity index (χ1n) is 6.13. The van der Waals surface area contributed by atoms with Crippen molar-refractivity contribution in [1.82, 2.24) is 0 Å². The summed E-state index contributed by atoms with van der Waals surface area (Å²) in [7, 11) is 0. The molecule has 0 aliphatic heterocycles. The lowest BCUT2D eigenvalue weighted by molar-refractivity contribution is 0.156. The van der Waals surface area contributed by atoms with Crippen LogP contribution in [-0.4, -0.2) is 13.1 Å². The summed E-state index contributed by atoms with van der Waals surface area (Å²) >= 11 is 0. The number of ether oxygens (including phenoxy) is 1. The third kappa shape index (κ3) is 3.18. The largest absolute Gasteiger partial charge is 0.513 e. The zero-order valence-corrected chi connectivity index (χ0v) is 9.84. The van der Waals surface area contributed by atoms with Gasteiger partial charge < -0.3 is 17.7 Å². The van der Waals surface area contributed by atoms with E-state index in [1.165, 1.54) is 0 Å². The van der Waals surface area contributed by atoms with Crippen molar-refractivity contribution < 1.29 is 22.1 Å². The molecule has 0 amide bonds. The highest BCUT2D eigenvalue weighted by molar-refractivity contribution is 6.74. The molecule has 1 saturated carbocycles. The van der Waals surface area contributed by atoms with Crippen molar-refractivity contribution in [2.45, 2.75) is 38.2 Å². The normalized spacial score (nSPS) is 17.8. The second-order valence-corrected chi connectivity index (χ2v) is 4.63. The molecule has 0 N–H and O–H groups in total. The maximum Gasteiger partial charge on any atom is 0.513 e. The van der Waals surface area contributed by atoms with Gasteiger partial charge in [0.1, 0.15) is 5.82 Å². The predicted molar refractivity (Wildman–Crippen MR) is 62.6 cm³/mol. The zero-order chi connectivity index (χ0) is 13.2. The fraction of sp³-hybridized carbons (Fsp3) is 0.500. The molecule has 100 valence electrons. The maximum atomic E-state index is 12.9. The quantitative estimate of drug-likeness (QED) is 0.596. The van der Waals surface area contributed by atoms with E-state index in [0.29, 0.717) is 6.07 Å². The molecule has 1 aromatic carbocycles. The first kappa shape index (κ1) is 13.2. The number of hydrogen-bond donors (Lipinski definition) is 0. The summed E-state index contributed by atoms with van der Waals surface area (Å²) in [5.41, 5.74) is -0.972. The van der Waals surface area contributed by atoms with Gasteiger partial charge in [0.2, 0.25) is 0 Å². The standard InChI is InChI=1S/C12H14BF4O/c14-9-6-7-12(11(8-9)13(15,16)17)18-10-4-2-1-3-5-10/h6-8,10H,1-5H2/q-1.